The molecule has 1 rings (SSSR count). The Morgan fingerprint density at radius 3 is 3.00 bits per heavy atom. The molecule has 0 spiro atoms. The van der Waals surface area contributed by atoms with Crippen LogP contribution in [-0.4, -0.2) is 26.0 Å². The van der Waals surface area contributed by atoms with Gasteiger partial charge in [-0.15, -0.1) is 0 Å². The molecule has 0 amide bonds. The van der Waals surface area contributed by atoms with Gasteiger partial charge in [-0.05, 0) is 13.8 Å². The summed E-state index contributed by atoms with van der Waals surface area (Å²) in [6, 6.07) is 0. The summed E-state index contributed by atoms with van der Waals surface area (Å²) >= 11 is 0. The second-order valence-corrected chi connectivity index (χ2v) is 2.55. The molecule has 0 unspecified atom stereocenters. The van der Waals surface area contributed by atoms with Crippen LogP contribution in [0.1, 0.15) is 19.7 Å². The molecule has 0 saturated carbocycles. The highest BCUT2D eigenvalue weighted by Gasteiger charge is 2.04. The van der Waals surface area contributed by atoms with Gasteiger partial charge < -0.3 is 5.11 Å². The zero-order valence-electron chi connectivity index (χ0n) is 6.86. The highest BCUT2D eigenvalue weighted by atomic mass is 16.3. The van der Waals surface area contributed by atoms with E-state index < -0.39 is 0 Å². The molecular weight excluding hydrogens is 142 g/mol. The van der Waals surface area contributed by atoms with E-state index in [9.17, 15) is 0 Å². The maximum absolute atomic E-state index is 9.06. The second-order valence-electron chi connectivity index (χ2n) is 2.55. The summed E-state index contributed by atoms with van der Waals surface area (Å²) in [4.78, 5) is 4.02. The molecule has 0 aliphatic carbocycles. The van der Waals surface area contributed by atoms with Crippen LogP contribution in [0.3, 0.4) is 0 Å². The lowest BCUT2D eigenvalue weighted by molar-refractivity contribution is 0.191. The van der Waals surface area contributed by atoms with E-state index in [-0.39, 0.29) is 6.10 Å². The van der Waals surface area contributed by atoms with E-state index in [1.807, 2.05) is 6.92 Å². The van der Waals surface area contributed by atoms with Gasteiger partial charge in [-0.1, -0.05) is 0 Å². The van der Waals surface area contributed by atoms with E-state index in [4.69, 9.17) is 5.11 Å². The maximum Gasteiger partial charge on any atom is 0.138 e. The number of rotatable bonds is 3. The molecule has 1 aromatic rings. The van der Waals surface area contributed by atoms with E-state index in [1.165, 1.54) is 6.33 Å². The minimum absolute atomic E-state index is 0.343. The van der Waals surface area contributed by atoms with E-state index in [2.05, 4.69) is 10.1 Å². The summed E-state index contributed by atoms with van der Waals surface area (Å²) < 4.78 is 1.78. The zero-order valence-corrected chi connectivity index (χ0v) is 6.86. The number of aromatic nitrogens is 3. The van der Waals surface area contributed by atoms with Crippen molar-refractivity contribution in [3.05, 3.63) is 12.2 Å². The molecule has 1 N–H and O–H groups in total. The van der Waals surface area contributed by atoms with Crippen LogP contribution in [0.2, 0.25) is 0 Å². The van der Waals surface area contributed by atoms with Crippen LogP contribution in [0, 0.1) is 0 Å². The van der Waals surface area contributed by atoms with Gasteiger partial charge >= 0.3 is 0 Å². The molecule has 0 fully saturated rings. The Balaban J connectivity index is 2.68. The summed E-state index contributed by atoms with van der Waals surface area (Å²) in [6.07, 6.45) is 1.75. The standard InChI is InChI=1S/C7H13N3O/c1-3-10-7(4-6(2)11)8-5-9-10/h5-6,11H,3-4H2,1-2H3/t6-/m1/s1. The van der Waals surface area contributed by atoms with Crippen molar-refractivity contribution in [3.8, 4) is 0 Å². The molecule has 0 aliphatic rings. The summed E-state index contributed by atoms with van der Waals surface area (Å²) in [5, 5.41) is 13.0. The van der Waals surface area contributed by atoms with E-state index in [0.717, 1.165) is 12.4 Å². The summed E-state index contributed by atoms with van der Waals surface area (Å²) in [7, 11) is 0. The number of aliphatic hydroxyl groups excluding tert-OH is 1. The third-order valence-electron chi connectivity index (χ3n) is 1.47. The predicted octanol–water partition coefficient (Wildman–Crippen LogP) is 0.221. The monoisotopic (exact) mass is 155 g/mol. The first-order valence-corrected chi connectivity index (χ1v) is 3.78. The first-order chi connectivity index (χ1) is 5.24. The smallest absolute Gasteiger partial charge is 0.138 e. The first kappa shape index (κ1) is 8.20. The molecule has 0 saturated heterocycles. The molecule has 4 nitrogen and oxygen atoms in total. The average molecular weight is 155 g/mol. The number of hydrogen-bond donors (Lipinski definition) is 1. The Morgan fingerprint density at radius 1 is 1.73 bits per heavy atom. The van der Waals surface area contributed by atoms with Gasteiger partial charge in [0.05, 0.1) is 6.10 Å². The van der Waals surface area contributed by atoms with Gasteiger partial charge in [0.1, 0.15) is 12.2 Å². The van der Waals surface area contributed by atoms with Gasteiger partial charge in [-0.25, -0.2) is 4.98 Å². The van der Waals surface area contributed by atoms with Crippen LogP contribution in [0.15, 0.2) is 6.33 Å². The topological polar surface area (TPSA) is 50.9 Å². The molecule has 0 aliphatic heterocycles. The molecule has 11 heavy (non-hydrogen) atoms. The van der Waals surface area contributed by atoms with E-state index >= 15 is 0 Å². The quantitative estimate of drug-likeness (QED) is 0.679. The zero-order chi connectivity index (χ0) is 8.27. The SMILES string of the molecule is CCn1ncnc1C[C@@H](C)O. The van der Waals surface area contributed by atoms with Crippen molar-refractivity contribution in [2.45, 2.75) is 32.9 Å². The molecule has 1 heterocycles. The summed E-state index contributed by atoms with van der Waals surface area (Å²) in [5.41, 5.74) is 0. The lowest BCUT2D eigenvalue weighted by Crippen LogP contribution is -2.11. The van der Waals surface area contributed by atoms with Gasteiger partial charge in [-0.3, -0.25) is 4.68 Å². The van der Waals surface area contributed by atoms with E-state index in [0.29, 0.717) is 6.42 Å². The predicted molar refractivity (Wildman–Crippen MR) is 41.1 cm³/mol. The highest BCUT2D eigenvalue weighted by Crippen LogP contribution is 1.98. The highest BCUT2D eigenvalue weighted by molar-refractivity contribution is 4.85. The third kappa shape index (κ3) is 2.01. The Bertz CT molecular complexity index is 219. The number of hydrogen-bond acceptors (Lipinski definition) is 3. The molecule has 62 valence electrons. The van der Waals surface area contributed by atoms with Crippen LogP contribution >= 0.6 is 0 Å². The Kier molecular flexibility index (Phi) is 2.59. The molecule has 0 radical (unpaired) electrons. The van der Waals surface area contributed by atoms with Crippen molar-refractivity contribution in [1.82, 2.24) is 14.8 Å². The largest absolute Gasteiger partial charge is 0.393 e. The normalized spacial score (nSPS) is 13.4. The lowest BCUT2D eigenvalue weighted by atomic mass is 10.3. The molecule has 0 aromatic carbocycles. The van der Waals surface area contributed by atoms with Crippen molar-refractivity contribution in [1.29, 1.82) is 0 Å². The fourth-order valence-electron chi connectivity index (χ4n) is 0.975. The molecule has 1 aromatic heterocycles. The maximum atomic E-state index is 9.06. The number of nitrogens with zero attached hydrogens (tertiary/aromatic N) is 3. The first-order valence-electron chi connectivity index (χ1n) is 3.78. The van der Waals surface area contributed by atoms with Crippen molar-refractivity contribution >= 4 is 0 Å². The number of aryl methyl sites for hydroxylation is 1. The van der Waals surface area contributed by atoms with Crippen LogP contribution in [0.4, 0.5) is 0 Å². The van der Waals surface area contributed by atoms with Crippen LogP contribution in [0.5, 0.6) is 0 Å². The Labute approximate surface area is 65.9 Å². The average Bonchev–Trinajstić information content (AvgIpc) is 2.34. The van der Waals surface area contributed by atoms with E-state index in [1.54, 1.807) is 11.6 Å². The van der Waals surface area contributed by atoms with Gasteiger partial charge in [0.2, 0.25) is 0 Å². The fourth-order valence-corrected chi connectivity index (χ4v) is 0.975. The van der Waals surface area contributed by atoms with Crippen molar-refractivity contribution in [3.63, 3.8) is 0 Å². The lowest BCUT2D eigenvalue weighted by Gasteiger charge is -2.03. The van der Waals surface area contributed by atoms with Gasteiger partial charge in [0.25, 0.3) is 0 Å². The molecule has 0 bridgehead atoms. The van der Waals surface area contributed by atoms with Crippen molar-refractivity contribution in [2.75, 3.05) is 0 Å². The summed E-state index contributed by atoms with van der Waals surface area (Å²) in [5.74, 6) is 0.850. The minimum atomic E-state index is -0.343. The summed E-state index contributed by atoms with van der Waals surface area (Å²) in [6.45, 7) is 4.55. The fraction of sp³-hybridized carbons (Fsp3) is 0.714. The van der Waals surface area contributed by atoms with Gasteiger partial charge in [0.15, 0.2) is 0 Å². The Hall–Kier alpha value is -0.900. The second kappa shape index (κ2) is 3.48. The Morgan fingerprint density at radius 2 is 2.45 bits per heavy atom. The van der Waals surface area contributed by atoms with Gasteiger partial charge in [0, 0.05) is 13.0 Å². The molecule has 4 heteroatoms. The molecular formula is C7H13N3O. The third-order valence-corrected chi connectivity index (χ3v) is 1.47. The van der Waals surface area contributed by atoms with Crippen molar-refractivity contribution in [2.24, 2.45) is 0 Å². The minimum Gasteiger partial charge on any atom is -0.393 e. The number of aliphatic hydroxyl groups is 1. The van der Waals surface area contributed by atoms with Crippen LogP contribution < -0.4 is 0 Å². The van der Waals surface area contributed by atoms with Crippen LogP contribution in [0.25, 0.3) is 0 Å². The van der Waals surface area contributed by atoms with Crippen molar-refractivity contribution < 1.29 is 5.11 Å². The van der Waals surface area contributed by atoms with Gasteiger partial charge in [-0.2, -0.15) is 5.10 Å². The van der Waals surface area contributed by atoms with Crippen LogP contribution in [-0.2, 0) is 13.0 Å². The molecule has 1 atom stereocenters.